The molecule has 1 aliphatic heterocycles. The van der Waals surface area contributed by atoms with Gasteiger partial charge in [0.2, 0.25) is 0 Å². The van der Waals surface area contributed by atoms with E-state index < -0.39 is 0 Å². The largest absolute Gasteiger partial charge is 0.497 e. The molecule has 8 heteroatoms. The Morgan fingerprint density at radius 2 is 1.89 bits per heavy atom. The summed E-state index contributed by atoms with van der Waals surface area (Å²) in [7, 11) is 5.05. The molecule has 0 saturated heterocycles. The van der Waals surface area contributed by atoms with Crippen LogP contribution in [0.15, 0.2) is 42.5 Å². The summed E-state index contributed by atoms with van der Waals surface area (Å²) in [5, 5.41) is 2.90. The Morgan fingerprint density at radius 1 is 1.11 bits per heavy atom. The second-order valence-electron chi connectivity index (χ2n) is 10.4. The van der Waals surface area contributed by atoms with Gasteiger partial charge in [-0.25, -0.2) is 0 Å². The van der Waals surface area contributed by atoms with Crippen LogP contribution >= 0.6 is 0 Å². The first kappa shape index (κ1) is 26.9. The smallest absolute Gasteiger partial charge is 0.257 e. The van der Waals surface area contributed by atoms with Gasteiger partial charge < -0.3 is 24.4 Å². The summed E-state index contributed by atoms with van der Waals surface area (Å²) in [6.07, 6.45) is 2.48. The molecule has 1 saturated carbocycles. The van der Waals surface area contributed by atoms with Crippen LogP contribution in [0.2, 0.25) is 0 Å². The van der Waals surface area contributed by atoms with Crippen molar-refractivity contribution in [3.05, 3.63) is 53.6 Å². The van der Waals surface area contributed by atoms with E-state index in [4.69, 9.17) is 14.2 Å². The van der Waals surface area contributed by atoms with Crippen LogP contribution in [0.4, 0.5) is 5.69 Å². The fraction of sp³-hybridized carbons (Fsp3) is 0.517. The first-order chi connectivity index (χ1) is 17.8. The molecule has 1 N–H and O–H groups in total. The molecule has 2 amide bonds. The van der Waals surface area contributed by atoms with Crippen molar-refractivity contribution >= 4 is 17.5 Å². The van der Waals surface area contributed by atoms with E-state index in [0.29, 0.717) is 41.5 Å². The van der Waals surface area contributed by atoms with Crippen LogP contribution in [-0.4, -0.2) is 81.3 Å². The second-order valence-corrected chi connectivity index (χ2v) is 10.4. The van der Waals surface area contributed by atoms with Crippen LogP contribution in [-0.2, 0) is 4.74 Å². The zero-order valence-electron chi connectivity index (χ0n) is 22.5. The normalized spacial score (nSPS) is 23.3. The van der Waals surface area contributed by atoms with Crippen molar-refractivity contribution in [3.8, 4) is 11.5 Å². The number of anilines is 1. The predicted octanol–water partition coefficient (Wildman–Crippen LogP) is 4.16. The minimum absolute atomic E-state index is 0.0948. The van der Waals surface area contributed by atoms with E-state index in [0.717, 1.165) is 19.0 Å². The maximum atomic E-state index is 13.6. The molecule has 37 heavy (non-hydrogen) atoms. The molecule has 4 rings (SSSR count). The summed E-state index contributed by atoms with van der Waals surface area (Å²) in [5.74, 6) is 1.65. The number of benzene rings is 2. The third kappa shape index (κ3) is 6.81. The van der Waals surface area contributed by atoms with Crippen LogP contribution in [0, 0.1) is 11.8 Å². The number of carbonyl (C=O) groups is 2. The summed E-state index contributed by atoms with van der Waals surface area (Å²) < 4.78 is 17.3. The number of nitrogens with one attached hydrogen (secondary N) is 1. The minimum atomic E-state index is -0.286. The van der Waals surface area contributed by atoms with Gasteiger partial charge >= 0.3 is 0 Å². The third-order valence-corrected chi connectivity index (χ3v) is 7.35. The third-order valence-electron chi connectivity index (χ3n) is 7.35. The molecule has 0 unspecified atom stereocenters. The molecule has 2 aliphatic rings. The highest BCUT2D eigenvalue weighted by Gasteiger charge is 2.31. The van der Waals surface area contributed by atoms with Crippen LogP contribution in [0.5, 0.6) is 11.5 Å². The summed E-state index contributed by atoms with van der Waals surface area (Å²) in [4.78, 5) is 30.6. The van der Waals surface area contributed by atoms with Crippen molar-refractivity contribution in [1.82, 2.24) is 9.80 Å². The Labute approximate surface area is 219 Å². The van der Waals surface area contributed by atoms with Crippen molar-refractivity contribution in [3.63, 3.8) is 0 Å². The number of likely N-dealkylation sites (N-methyl/N-ethyl adjacent to an activating group) is 1. The van der Waals surface area contributed by atoms with E-state index in [2.05, 4.69) is 24.1 Å². The van der Waals surface area contributed by atoms with Crippen molar-refractivity contribution in [1.29, 1.82) is 0 Å². The Bertz CT molecular complexity index is 1100. The predicted molar refractivity (Wildman–Crippen MR) is 144 cm³/mol. The van der Waals surface area contributed by atoms with E-state index >= 15 is 0 Å². The molecule has 0 spiro atoms. The minimum Gasteiger partial charge on any atom is -0.497 e. The van der Waals surface area contributed by atoms with E-state index in [1.807, 2.05) is 0 Å². The number of ether oxygens (including phenoxy) is 3. The molecule has 2 aromatic rings. The van der Waals surface area contributed by atoms with Gasteiger partial charge in [-0.05, 0) is 68.0 Å². The Hall–Kier alpha value is -3.10. The van der Waals surface area contributed by atoms with E-state index in [9.17, 15) is 9.59 Å². The molecule has 0 bridgehead atoms. The number of hydrogen-bond donors (Lipinski definition) is 1. The number of nitrogens with zero attached hydrogens (tertiary/aromatic N) is 2. The summed E-state index contributed by atoms with van der Waals surface area (Å²) in [5.41, 5.74) is 1.40. The first-order valence-electron chi connectivity index (χ1n) is 13.0. The lowest BCUT2D eigenvalue weighted by Crippen LogP contribution is -2.47. The van der Waals surface area contributed by atoms with Crippen LogP contribution in [0.25, 0.3) is 0 Å². The number of methoxy groups -OCH3 is 2. The lowest BCUT2D eigenvalue weighted by atomic mass is 10.0. The average Bonchev–Trinajstić information content (AvgIpc) is 3.73. The quantitative estimate of drug-likeness (QED) is 0.630. The van der Waals surface area contributed by atoms with Crippen molar-refractivity contribution in [2.24, 2.45) is 11.8 Å². The molecule has 1 heterocycles. The zero-order chi connectivity index (χ0) is 26.5. The lowest BCUT2D eigenvalue weighted by Gasteiger charge is -2.36. The monoisotopic (exact) mass is 509 g/mol. The number of rotatable bonds is 6. The highest BCUT2D eigenvalue weighted by atomic mass is 16.5. The number of fused-ring (bicyclic) bond motifs is 1. The van der Waals surface area contributed by atoms with Crippen LogP contribution in [0.3, 0.4) is 0 Å². The SMILES string of the molecule is COc1cccc(C(=O)Nc2ccc3c(c2)C(=O)N(C)C[C@@H](OC)[C@@H](C)CN(CC2CC2)[C@H](C)CO3)c1. The van der Waals surface area contributed by atoms with Crippen molar-refractivity contribution in [2.75, 3.05) is 52.8 Å². The molecular weight excluding hydrogens is 470 g/mol. The molecule has 2 aromatic carbocycles. The maximum Gasteiger partial charge on any atom is 0.257 e. The van der Waals surface area contributed by atoms with Gasteiger partial charge in [-0.15, -0.1) is 0 Å². The van der Waals surface area contributed by atoms with Gasteiger partial charge in [0, 0.05) is 51.1 Å². The molecule has 0 aromatic heterocycles. The molecule has 1 fully saturated rings. The number of carbonyl (C=O) groups excluding carboxylic acids is 2. The first-order valence-corrected chi connectivity index (χ1v) is 13.0. The van der Waals surface area contributed by atoms with E-state index in [1.165, 1.54) is 12.8 Å². The summed E-state index contributed by atoms with van der Waals surface area (Å²) >= 11 is 0. The number of amides is 2. The van der Waals surface area contributed by atoms with Gasteiger partial charge in [0.1, 0.15) is 18.1 Å². The Morgan fingerprint density at radius 3 is 2.59 bits per heavy atom. The van der Waals surface area contributed by atoms with Gasteiger partial charge in [0.25, 0.3) is 11.8 Å². The van der Waals surface area contributed by atoms with Gasteiger partial charge in [-0.2, -0.15) is 0 Å². The standard InChI is InChI=1S/C29H39N3O5/c1-19-15-32(16-21-9-10-21)20(2)18-37-26-12-11-23(14-25(26)29(34)31(3)17-27(19)36-5)30-28(33)22-7-6-8-24(13-22)35-4/h6-8,11-14,19-21,27H,9-10,15-18H2,1-5H3,(H,30,33)/t19-,20+,27+/m0/s1. The van der Waals surface area contributed by atoms with Gasteiger partial charge in [-0.3, -0.25) is 14.5 Å². The molecule has 1 aliphatic carbocycles. The maximum absolute atomic E-state index is 13.6. The van der Waals surface area contributed by atoms with Crippen molar-refractivity contribution < 1.29 is 23.8 Å². The van der Waals surface area contributed by atoms with Gasteiger partial charge in [-0.1, -0.05) is 13.0 Å². The molecular formula is C29H39N3O5. The van der Waals surface area contributed by atoms with Gasteiger partial charge in [0.05, 0.1) is 18.8 Å². The lowest BCUT2D eigenvalue weighted by molar-refractivity contribution is 0.00994. The molecule has 3 atom stereocenters. The fourth-order valence-corrected chi connectivity index (χ4v) is 4.78. The van der Waals surface area contributed by atoms with Gasteiger partial charge in [0.15, 0.2) is 0 Å². The molecule has 8 nitrogen and oxygen atoms in total. The average molecular weight is 510 g/mol. The molecule has 200 valence electrons. The Kier molecular flexibility index (Phi) is 8.71. The Balaban J connectivity index is 1.60. The van der Waals surface area contributed by atoms with E-state index in [1.54, 1.807) is 68.6 Å². The molecule has 0 radical (unpaired) electrons. The summed E-state index contributed by atoms with van der Waals surface area (Å²) in [6.45, 7) is 7.25. The zero-order valence-corrected chi connectivity index (χ0v) is 22.5. The highest BCUT2D eigenvalue weighted by molar-refractivity contribution is 6.05. The number of hydrogen-bond acceptors (Lipinski definition) is 6. The van der Waals surface area contributed by atoms with Crippen LogP contribution in [0.1, 0.15) is 47.4 Å². The fourth-order valence-electron chi connectivity index (χ4n) is 4.78. The van der Waals surface area contributed by atoms with Crippen molar-refractivity contribution in [2.45, 2.75) is 38.8 Å². The topological polar surface area (TPSA) is 80.3 Å². The summed E-state index contributed by atoms with van der Waals surface area (Å²) in [6, 6.07) is 12.3. The van der Waals surface area contributed by atoms with Crippen LogP contribution < -0.4 is 14.8 Å². The van der Waals surface area contributed by atoms with E-state index in [-0.39, 0.29) is 29.9 Å². The second kappa shape index (κ2) is 12.0. The highest BCUT2D eigenvalue weighted by Crippen LogP contribution is 2.32.